The molecule has 0 saturated heterocycles. The topological polar surface area (TPSA) is 0 Å². The Balaban J connectivity index is 6.53. The van der Waals surface area contributed by atoms with Gasteiger partial charge < -0.3 is 0 Å². The molecule has 0 N–H and O–H groups in total. The summed E-state index contributed by atoms with van der Waals surface area (Å²) in [4.78, 5) is 0. The molecule has 0 aromatic heterocycles. The highest BCUT2D eigenvalue weighted by molar-refractivity contribution is 8.25. The van der Waals surface area contributed by atoms with Gasteiger partial charge in [0.05, 0.1) is 108 Å². The van der Waals surface area contributed by atoms with E-state index >= 15 is 0 Å². The molecule has 0 heterocycles. The van der Waals surface area contributed by atoms with Crippen molar-refractivity contribution in [1.29, 1.82) is 0 Å². The van der Waals surface area contributed by atoms with E-state index in [-0.39, 0.29) is 0 Å². The van der Waals surface area contributed by atoms with E-state index in [2.05, 4.69) is 108 Å². The van der Waals surface area contributed by atoms with Gasteiger partial charge in [-0.3, -0.25) is 0 Å². The third-order valence-corrected chi connectivity index (χ3v) is 7.17. The Morgan fingerprint density at radius 3 is 0.500 bits per heavy atom. The molecule has 0 unspecified atom stereocenters. The summed E-state index contributed by atoms with van der Waals surface area (Å²) in [7, 11) is 34.7. The molecule has 26 heteroatoms. The first-order chi connectivity index (χ1) is 11.7. The Kier molecular flexibility index (Phi) is 13.2. The Bertz CT molecular complexity index is 314. The molecule has 106 valence electrons. The van der Waals surface area contributed by atoms with Gasteiger partial charge in [0.25, 0.3) is 0 Å². The van der Waals surface area contributed by atoms with E-state index in [4.69, 9.17) is 0 Å². The lowest BCUT2D eigenvalue weighted by atomic mass is 8.34. The van der Waals surface area contributed by atoms with Crippen molar-refractivity contribution in [2.75, 3.05) is 0 Å². The van der Waals surface area contributed by atoms with Gasteiger partial charge in [0.1, 0.15) is 0 Å². The normalized spacial score (nSPS) is 9.38. The summed E-state index contributed by atoms with van der Waals surface area (Å²) in [6, 6.07) is 0. The third kappa shape index (κ3) is 7.50. The molecule has 0 atom stereocenters. The van der Waals surface area contributed by atoms with Gasteiger partial charge in [-0.15, -0.1) is 0 Å². The van der Waals surface area contributed by atoms with Crippen LogP contribution in [0, 0.1) is 0 Å². The van der Waals surface area contributed by atoms with E-state index in [0.29, 0.717) is 0 Å². The zero-order valence-electron chi connectivity index (χ0n) is 20.9. The summed E-state index contributed by atoms with van der Waals surface area (Å²) >= 11 is 0. The van der Waals surface area contributed by atoms with E-state index in [1.807, 2.05) is 0 Å². The van der Waals surface area contributed by atoms with Crippen LogP contribution in [0.15, 0.2) is 0 Å². The fourth-order valence-corrected chi connectivity index (χ4v) is 6.89. The van der Waals surface area contributed by atoms with Gasteiger partial charge in [-0.25, -0.2) is 0 Å². The molecule has 0 nitrogen and oxygen atoms in total. The molecule has 0 amide bonds. The minimum absolute atomic E-state index is 0.745. The first-order valence-corrected chi connectivity index (χ1v) is 11.7. The lowest BCUT2D eigenvalue weighted by molar-refractivity contribution is 3.28. The van der Waals surface area contributed by atoms with E-state index in [0.717, 1.165) is 76.6 Å². The highest BCUT2D eigenvalue weighted by atomic mass is 13.3. The molecule has 0 aliphatic heterocycles. The van der Waals surface area contributed by atoms with Crippen molar-refractivity contribution in [1.82, 2.24) is 0 Å². The average molecular weight is 309 g/mol. The van der Waals surface area contributed by atoms with Crippen molar-refractivity contribution in [3.8, 4) is 0 Å². The molecular weight excluding hydrogens is 281 g/mol. The van der Waals surface area contributed by atoms with E-state index < -0.39 is 0 Å². The number of hydrogen-bond donors (Lipinski definition) is 0. The van der Waals surface area contributed by atoms with Crippen LogP contribution in [-0.4, -0.2) is 185 Å². The predicted octanol–water partition coefficient (Wildman–Crippen LogP) is -17.4. The van der Waals surface area contributed by atoms with Crippen LogP contribution in [0.2, 0.25) is 0 Å². The van der Waals surface area contributed by atoms with Gasteiger partial charge in [0.15, 0.2) is 0 Å². The summed E-state index contributed by atoms with van der Waals surface area (Å²) < 4.78 is 0. The summed E-state index contributed by atoms with van der Waals surface area (Å²) in [6.45, 7) is 0. The molecule has 0 fully saturated rings. The van der Waals surface area contributed by atoms with Crippen LogP contribution in [0.4, 0.5) is 0 Å². The molecule has 0 rings (SSSR count). The van der Waals surface area contributed by atoms with Crippen LogP contribution < -0.4 is 0 Å². The molecule has 0 aromatic rings. The molecule has 0 aliphatic carbocycles. The SMILES string of the molecule is BB(B)B(B(B)B)B(B(B)B)B(B(B(B)B)B(B)B)B(B(B)B)B(B)B. The minimum Gasteiger partial charge on any atom is 0.000278 e. The maximum Gasteiger partial charge on any atom is 0.0552 e. The van der Waals surface area contributed by atoms with Gasteiger partial charge in [-0.2, -0.15) is 0 Å². The van der Waals surface area contributed by atoms with Gasteiger partial charge >= 0.3 is 0 Å². The average Bonchev–Trinajstić information content (AvgIpc) is 2.40. The van der Waals surface area contributed by atoms with Crippen molar-refractivity contribution in [3.63, 3.8) is 0 Å². The van der Waals surface area contributed by atoms with Gasteiger partial charge in [0, 0.05) is 76.6 Å². The van der Waals surface area contributed by atoms with Crippen LogP contribution in [0.3, 0.4) is 0 Å². The first-order valence-electron chi connectivity index (χ1n) is 11.7. The van der Waals surface area contributed by atoms with Crippen molar-refractivity contribution >= 4 is 185 Å². The second kappa shape index (κ2) is 12.4. The smallest absolute Gasteiger partial charge is 0.000278 e. The van der Waals surface area contributed by atoms with Crippen LogP contribution in [0.25, 0.3) is 0 Å². The molecule has 0 aliphatic rings. The highest BCUT2D eigenvalue weighted by Gasteiger charge is 2.50. The lowest BCUT2D eigenvalue weighted by Gasteiger charge is -2.46. The van der Waals surface area contributed by atoms with E-state index in [9.17, 15) is 0 Å². The largest absolute Gasteiger partial charge is 0.0552 e. The lowest BCUT2D eigenvalue weighted by Crippen LogP contribution is -2.86. The number of rotatable bonds is 11. The zero-order valence-corrected chi connectivity index (χ0v) is 20.9. The number of hydrogen-bond acceptors (Lipinski definition) is 0. The molecule has 26 heavy (non-hydrogen) atoms. The maximum atomic E-state index is 2.50. The summed E-state index contributed by atoms with van der Waals surface area (Å²) in [5, 5.41) is 0. The van der Waals surface area contributed by atoms with Crippen LogP contribution in [0.5, 0.6) is 0 Å². The third-order valence-electron chi connectivity index (χ3n) is 7.17. The summed E-state index contributed by atoms with van der Waals surface area (Å²) in [5.41, 5.74) is 0. The second-order valence-corrected chi connectivity index (χ2v) is 11.6. The Morgan fingerprint density at radius 1 is 0.192 bits per heavy atom. The minimum atomic E-state index is 0.745. The Labute approximate surface area is 184 Å². The first kappa shape index (κ1) is 27.7. The molecule has 0 radical (unpaired) electrons. The van der Waals surface area contributed by atoms with Gasteiger partial charge in [-0.05, 0) is 0 Å². The van der Waals surface area contributed by atoms with Gasteiger partial charge in [-0.1, -0.05) is 0 Å². The monoisotopic (exact) mass is 314 g/mol. The molecule has 0 bridgehead atoms. The Morgan fingerprint density at radius 2 is 0.346 bits per heavy atom. The fourth-order valence-electron chi connectivity index (χ4n) is 6.89. The van der Waals surface area contributed by atoms with Crippen molar-refractivity contribution in [2.45, 2.75) is 0 Å². The molecule has 0 aromatic carbocycles. The zero-order chi connectivity index (χ0) is 20.9. The predicted molar refractivity (Wildman–Crippen MR) is 189 cm³/mol. The van der Waals surface area contributed by atoms with Crippen molar-refractivity contribution in [2.24, 2.45) is 0 Å². The second-order valence-electron chi connectivity index (χ2n) is 11.6. The molecule has 0 saturated carbocycles. The van der Waals surface area contributed by atoms with Crippen LogP contribution >= 0.6 is 0 Å². The molecular formula is H28B26. The van der Waals surface area contributed by atoms with E-state index in [1.165, 1.54) is 0 Å². The maximum absolute atomic E-state index is 2.50. The van der Waals surface area contributed by atoms with Crippen molar-refractivity contribution < 1.29 is 0 Å². The summed E-state index contributed by atoms with van der Waals surface area (Å²) in [5.74, 6) is 0. The quantitative estimate of drug-likeness (QED) is 0.333. The fraction of sp³-hybridized carbons (Fsp3) is 0. The summed E-state index contributed by atoms with van der Waals surface area (Å²) in [6.07, 6.45) is 9.29. The van der Waals surface area contributed by atoms with Crippen LogP contribution in [-0.2, 0) is 0 Å². The highest BCUT2D eigenvalue weighted by Crippen LogP contribution is 2.11. The van der Waals surface area contributed by atoms with Crippen molar-refractivity contribution in [3.05, 3.63) is 0 Å². The Hall–Kier alpha value is 1.69. The van der Waals surface area contributed by atoms with Gasteiger partial charge in [0.2, 0.25) is 0 Å². The standard InChI is InChI=1S/B26H28/c1-15(2)22(16(3)4)25(21(13)14)26(23(17(5)6)18(7)8)24(19(9)10)20(11)12/h1-14H2. The van der Waals surface area contributed by atoms with Crippen LogP contribution in [0.1, 0.15) is 0 Å². The van der Waals surface area contributed by atoms with E-state index in [1.54, 1.807) is 0 Å². The molecule has 0 spiro atoms.